The van der Waals surface area contributed by atoms with E-state index in [9.17, 15) is 5.11 Å². The van der Waals surface area contributed by atoms with Gasteiger partial charge < -0.3 is 10.0 Å². The van der Waals surface area contributed by atoms with E-state index < -0.39 is 0 Å². The van der Waals surface area contributed by atoms with Gasteiger partial charge in [-0.1, -0.05) is 28.1 Å². The zero-order valence-corrected chi connectivity index (χ0v) is 12.9. The second-order valence-electron chi connectivity index (χ2n) is 4.67. The Balaban J connectivity index is 1.82. The van der Waals surface area contributed by atoms with E-state index >= 15 is 0 Å². The number of aliphatic hydroxyl groups is 1. The minimum atomic E-state index is -0.349. The predicted octanol–water partition coefficient (Wildman–Crippen LogP) is 3.31. The minimum Gasteiger partial charge on any atom is -0.388 e. The zero-order chi connectivity index (χ0) is 12.8. The van der Waals surface area contributed by atoms with E-state index in [2.05, 4.69) is 20.8 Å². The maximum atomic E-state index is 10.2. The van der Waals surface area contributed by atoms with Crippen LogP contribution in [0.25, 0.3) is 0 Å². The van der Waals surface area contributed by atoms with Crippen molar-refractivity contribution < 1.29 is 5.11 Å². The van der Waals surface area contributed by atoms with Crippen LogP contribution in [-0.2, 0) is 0 Å². The summed E-state index contributed by atoms with van der Waals surface area (Å²) < 4.78 is 1.03. The standard InChI is InChI=1S/C14H20BrNOS/c15-13-4-1-3-12(11-13)14(17)5-7-16-6-2-9-18-10-8-16/h1,3-4,11,14,17H,2,5-10H2. The smallest absolute Gasteiger partial charge is 0.0802 e. The van der Waals surface area contributed by atoms with Crippen LogP contribution < -0.4 is 0 Å². The molecule has 0 aliphatic carbocycles. The molecule has 2 nitrogen and oxygen atoms in total. The molecule has 2 rings (SSSR count). The molecule has 0 aromatic heterocycles. The largest absolute Gasteiger partial charge is 0.388 e. The van der Waals surface area contributed by atoms with Crippen LogP contribution in [0.1, 0.15) is 24.5 Å². The molecule has 100 valence electrons. The quantitative estimate of drug-likeness (QED) is 0.916. The summed E-state index contributed by atoms with van der Waals surface area (Å²) in [5.74, 6) is 2.51. The van der Waals surface area contributed by atoms with Crippen LogP contribution >= 0.6 is 27.7 Å². The molecule has 1 fully saturated rings. The molecule has 1 aromatic carbocycles. The van der Waals surface area contributed by atoms with Gasteiger partial charge in [-0.25, -0.2) is 0 Å². The van der Waals surface area contributed by atoms with Crippen molar-refractivity contribution in [2.75, 3.05) is 31.1 Å². The fourth-order valence-corrected chi connectivity index (χ4v) is 3.55. The highest BCUT2D eigenvalue weighted by molar-refractivity contribution is 9.10. The maximum Gasteiger partial charge on any atom is 0.0802 e. The molecule has 0 bridgehead atoms. The summed E-state index contributed by atoms with van der Waals surface area (Å²) in [5, 5.41) is 10.2. The predicted molar refractivity (Wildman–Crippen MR) is 82.1 cm³/mol. The molecule has 1 N–H and O–H groups in total. The van der Waals surface area contributed by atoms with Gasteiger partial charge in [0.1, 0.15) is 0 Å². The van der Waals surface area contributed by atoms with Crippen molar-refractivity contribution in [1.29, 1.82) is 0 Å². The monoisotopic (exact) mass is 329 g/mol. The molecule has 0 saturated carbocycles. The highest BCUT2D eigenvalue weighted by Crippen LogP contribution is 2.21. The molecule has 1 unspecified atom stereocenters. The van der Waals surface area contributed by atoms with Crippen LogP contribution in [0.15, 0.2) is 28.7 Å². The van der Waals surface area contributed by atoms with Crippen molar-refractivity contribution in [1.82, 2.24) is 4.90 Å². The average molecular weight is 330 g/mol. The van der Waals surface area contributed by atoms with Gasteiger partial charge in [0.15, 0.2) is 0 Å². The molecule has 0 spiro atoms. The van der Waals surface area contributed by atoms with Gasteiger partial charge in [0, 0.05) is 23.3 Å². The van der Waals surface area contributed by atoms with Crippen molar-refractivity contribution >= 4 is 27.7 Å². The van der Waals surface area contributed by atoms with Gasteiger partial charge in [0.25, 0.3) is 0 Å². The van der Waals surface area contributed by atoms with E-state index in [0.717, 1.165) is 29.5 Å². The highest BCUT2D eigenvalue weighted by Gasteiger charge is 2.13. The van der Waals surface area contributed by atoms with Crippen LogP contribution in [0.3, 0.4) is 0 Å². The van der Waals surface area contributed by atoms with E-state index in [1.165, 1.54) is 24.5 Å². The second kappa shape index (κ2) is 7.53. The molecule has 4 heteroatoms. The fourth-order valence-electron chi connectivity index (χ4n) is 2.21. The topological polar surface area (TPSA) is 23.5 Å². The van der Waals surface area contributed by atoms with E-state index in [1.54, 1.807) is 0 Å². The Labute approximate surface area is 122 Å². The number of hydrogen-bond donors (Lipinski definition) is 1. The summed E-state index contributed by atoms with van der Waals surface area (Å²) in [6.45, 7) is 3.34. The molecular formula is C14H20BrNOS. The van der Waals surface area contributed by atoms with Gasteiger partial charge in [-0.05, 0) is 42.8 Å². The van der Waals surface area contributed by atoms with Crippen molar-refractivity contribution in [2.24, 2.45) is 0 Å². The summed E-state index contributed by atoms with van der Waals surface area (Å²) in [6.07, 6.45) is 1.75. The average Bonchev–Trinajstić information content (AvgIpc) is 2.64. The normalized spacial score (nSPS) is 19.4. The molecule has 18 heavy (non-hydrogen) atoms. The molecule has 1 saturated heterocycles. The molecule has 0 amide bonds. The van der Waals surface area contributed by atoms with Gasteiger partial charge in [0.2, 0.25) is 0 Å². The lowest BCUT2D eigenvalue weighted by Crippen LogP contribution is -2.28. The van der Waals surface area contributed by atoms with Gasteiger partial charge >= 0.3 is 0 Å². The fraction of sp³-hybridized carbons (Fsp3) is 0.571. The molecule has 1 aliphatic rings. The second-order valence-corrected chi connectivity index (χ2v) is 6.81. The van der Waals surface area contributed by atoms with Crippen molar-refractivity contribution in [3.05, 3.63) is 34.3 Å². The maximum absolute atomic E-state index is 10.2. The third-order valence-corrected chi connectivity index (χ3v) is 4.81. The first kappa shape index (κ1) is 14.4. The van der Waals surface area contributed by atoms with E-state index in [4.69, 9.17) is 0 Å². The lowest BCUT2D eigenvalue weighted by molar-refractivity contribution is 0.144. The summed E-state index contributed by atoms with van der Waals surface area (Å²) >= 11 is 5.49. The Bertz CT molecular complexity index is 367. The van der Waals surface area contributed by atoms with Crippen molar-refractivity contribution in [3.63, 3.8) is 0 Å². The number of benzene rings is 1. The summed E-state index contributed by atoms with van der Waals surface area (Å²) in [6, 6.07) is 7.96. The summed E-state index contributed by atoms with van der Waals surface area (Å²) in [5.41, 5.74) is 1.01. The number of hydrogen-bond acceptors (Lipinski definition) is 3. The number of aliphatic hydroxyl groups excluding tert-OH is 1. The summed E-state index contributed by atoms with van der Waals surface area (Å²) in [4.78, 5) is 2.47. The molecule has 1 aliphatic heterocycles. The lowest BCUT2D eigenvalue weighted by atomic mass is 10.1. The lowest BCUT2D eigenvalue weighted by Gasteiger charge is -2.21. The van der Waals surface area contributed by atoms with Gasteiger partial charge in [0.05, 0.1) is 6.10 Å². The number of rotatable bonds is 4. The highest BCUT2D eigenvalue weighted by atomic mass is 79.9. The van der Waals surface area contributed by atoms with Gasteiger partial charge in [-0.2, -0.15) is 11.8 Å². The number of halogens is 1. The molecular weight excluding hydrogens is 310 g/mol. The first-order valence-electron chi connectivity index (χ1n) is 6.49. The van der Waals surface area contributed by atoms with Gasteiger partial charge in [-0.3, -0.25) is 0 Å². The first-order valence-corrected chi connectivity index (χ1v) is 8.44. The Hall–Kier alpha value is -0.0300. The molecule has 0 radical (unpaired) electrons. The number of nitrogens with zero attached hydrogens (tertiary/aromatic N) is 1. The Morgan fingerprint density at radius 2 is 2.22 bits per heavy atom. The van der Waals surface area contributed by atoms with Crippen LogP contribution in [0.4, 0.5) is 0 Å². The van der Waals surface area contributed by atoms with E-state index in [0.29, 0.717) is 0 Å². The Kier molecular flexibility index (Phi) is 6.02. The van der Waals surface area contributed by atoms with Crippen LogP contribution in [0, 0.1) is 0 Å². The first-order chi connectivity index (χ1) is 8.75. The molecule has 1 atom stereocenters. The summed E-state index contributed by atoms with van der Waals surface area (Å²) in [7, 11) is 0. The van der Waals surface area contributed by atoms with E-state index in [-0.39, 0.29) is 6.10 Å². The van der Waals surface area contributed by atoms with Gasteiger partial charge in [-0.15, -0.1) is 0 Å². The van der Waals surface area contributed by atoms with Crippen LogP contribution in [0.2, 0.25) is 0 Å². The molecule has 1 aromatic rings. The van der Waals surface area contributed by atoms with Crippen molar-refractivity contribution in [2.45, 2.75) is 18.9 Å². The molecule has 1 heterocycles. The Morgan fingerprint density at radius 1 is 1.33 bits per heavy atom. The Morgan fingerprint density at radius 3 is 3.06 bits per heavy atom. The van der Waals surface area contributed by atoms with Crippen LogP contribution in [-0.4, -0.2) is 41.1 Å². The third kappa shape index (κ3) is 4.57. The zero-order valence-electron chi connectivity index (χ0n) is 10.5. The number of thioether (sulfide) groups is 1. The van der Waals surface area contributed by atoms with Crippen molar-refractivity contribution in [3.8, 4) is 0 Å². The third-order valence-electron chi connectivity index (χ3n) is 3.27. The van der Waals surface area contributed by atoms with Crippen LogP contribution in [0.5, 0.6) is 0 Å². The minimum absolute atomic E-state index is 0.349. The SMILES string of the molecule is OC(CCN1CCCSCC1)c1cccc(Br)c1. The van der Waals surface area contributed by atoms with E-state index in [1.807, 2.05) is 36.0 Å².